The van der Waals surface area contributed by atoms with Crippen molar-refractivity contribution in [3.8, 4) is 0 Å². The van der Waals surface area contributed by atoms with Gasteiger partial charge in [-0.25, -0.2) is 0 Å². The molecule has 0 saturated carbocycles. The van der Waals surface area contributed by atoms with Crippen molar-refractivity contribution < 1.29 is 17.9 Å². The van der Waals surface area contributed by atoms with Gasteiger partial charge in [0.2, 0.25) is 0 Å². The molecule has 1 aromatic rings. The minimum absolute atomic E-state index is 0.213. The predicted molar refractivity (Wildman–Crippen MR) is 98.2 cm³/mol. The standard InChI is InChI=1S/C18H29F3N2OS/c1-17(2,3)12-16(22-4)15-8-6-14(7-9-15)13-24-11-5-10-23-25-18(19,20)21/h6-9,16,22-23H,5,10-13H2,1-4H3. The fourth-order valence-corrected chi connectivity index (χ4v) is 2.82. The minimum atomic E-state index is -4.24. The molecule has 0 aliphatic rings. The first-order valence-corrected chi connectivity index (χ1v) is 9.24. The van der Waals surface area contributed by atoms with Crippen LogP contribution in [0.1, 0.15) is 50.8 Å². The second kappa shape index (κ2) is 10.4. The first-order valence-electron chi connectivity index (χ1n) is 8.42. The maximum atomic E-state index is 11.9. The largest absolute Gasteiger partial charge is 0.456 e. The average molecular weight is 379 g/mol. The number of nitrogens with one attached hydrogen (secondary N) is 2. The van der Waals surface area contributed by atoms with Gasteiger partial charge in [0, 0.05) is 31.1 Å². The van der Waals surface area contributed by atoms with Crippen LogP contribution in [0.4, 0.5) is 13.2 Å². The quantitative estimate of drug-likeness (QED) is 0.441. The summed E-state index contributed by atoms with van der Waals surface area (Å²) < 4.78 is 43.6. The van der Waals surface area contributed by atoms with E-state index >= 15 is 0 Å². The Morgan fingerprint density at radius 1 is 1.12 bits per heavy atom. The van der Waals surface area contributed by atoms with Gasteiger partial charge in [0.1, 0.15) is 0 Å². The molecule has 0 heterocycles. The minimum Gasteiger partial charge on any atom is -0.377 e. The average Bonchev–Trinajstić information content (AvgIpc) is 2.50. The molecule has 0 bridgehead atoms. The van der Waals surface area contributed by atoms with Crippen LogP contribution < -0.4 is 10.0 Å². The van der Waals surface area contributed by atoms with Gasteiger partial charge in [-0.05, 0) is 36.4 Å². The van der Waals surface area contributed by atoms with Crippen LogP contribution in [0.2, 0.25) is 0 Å². The van der Waals surface area contributed by atoms with Crippen molar-refractivity contribution in [2.24, 2.45) is 5.41 Å². The topological polar surface area (TPSA) is 33.3 Å². The van der Waals surface area contributed by atoms with Gasteiger partial charge in [0.05, 0.1) is 6.61 Å². The molecule has 0 spiro atoms. The summed E-state index contributed by atoms with van der Waals surface area (Å²) in [5.74, 6) is 0. The molecule has 3 nitrogen and oxygen atoms in total. The number of halogens is 3. The highest BCUT2D eigenvalue weighted by atomic mass is 32.2. The van der Waals surface area contributed by atoms with Gasteiger partial charge in [-0.1, -0.05) is 45.0 Å². The van der Waals surface area contributed by atoms with Gasteiger partial charge in [-0.2, -0.15) is 13.2 Å². The van der Waals surface area contributed by atoms with Gasteiger partial charge in [0.15, 0.2) is 0 Å². The smallest absolute Gasteiger partial charge is 0.377 e. The molecular formula is C18H29F3N2OS. The van der Waals surface area contributed by atoms with Crippen molar-refractivity contribution in [2.45, 2.75) is 51.8 Å². The highest BCUT2D eigenvalue weighted by Crippen LogP contribution is 2.29. The normalized spacial score (nSPS) is 13.9. The molecule has 1 aromatic carbocycles. The third kappa shape index (κ3) is 10.7. The van der Waals surface area contributed by atoms with Crippen LogP contribution in [-0.2, 0) is 11.3 Å². The van der Waals surface area contributed by atoms with E-state index in [4.69, 9.17) is 4.74 Å². The van der Waals surface area contributed by atoms with E-state index in [-0.39, 0.29) is 23.9 Å². The lowest BCUT2D eigenvalue weighted by Crippen LogP contribution is -2.22. The van der Waals surface area contributed by atoms with Crippen LogP contribution >= 0.6 is 11.9 Å². The Hall–Kier alpha value is -0.760. The zero-order valence-corrected chi connectivity index (χ0v) is 16.2. The van der Waals surface area contributed by atoms with Crippen molar-refractivity contribution in [3.05, 3.63) is 35.4 Å². The van der Waals surface area contributed by atoms with Crippen LogP contribution in [0.5, 0.6) is 0 Å². The molecule has 7 heteroatoms. The Balaban J connectivity index is 2.30. The maximum absolute atomic E-state index is 11.9. The molecule has 144 valence electrons. The van der Waals surface area contributed by atoms with E-state index in [9.17, 15) is 13.2 Å². The third-order valence-corrected chi connectivity index (χ3v) is 4.15. The monoisotopic (exact) mass is 378 g/mol. The van der Waals surface area contributed by atoms with Crippen molar-refractivity contribution in [1.82, 2.24) is 10.0 Å². The molecule has 2 N–H and O–H groups in total. The highest BCUT2D eigenvalue weighted by molar-refractivity contribution is 7.98. The molecule has 0 aliphatic carbocycles. The zero-order chi connectivity index (χ0) is 18.9. The molecule has 0 saturated heterocycles. The SMILES string of the molecule is CNC(CC(C)(C)C)c1ccc(COCCCNSC(F)(F)F)cc1. The summed E-state index contributed by atoms with van der Waals surface area (Å²) in [7, 11) is 1.97. The molecule has 1 atom stereocenters. The van der Waals surface area contributed by atoms with Gasteiger partial charge in [0.25, 0.3) is 0 Å². The number of benzene rings is 1. The second-order valence-corrected chi connectivity index (χ2v) is 8.15. The summed E-state index contributed by atoms with van der Waals surface area (Å²) >= 11 is -0.213. The number of hydrogen-bond donors (Lipinski definition) is 2. The van der Waals surface area contributed by atoms with Crippen LogP contribution in [0.3, 0.4) is 0 Å². The first-order chi connectivity index (χ1) is 11.6. The van der Waals surface area contributed by atoms with Crippen molar-refractivity contribution in [2.75, 3.05) is 20.2 Å². The van der Waals surface area contributed by atoms with Crippen LogP contribution in [0.25, 0.3) is 0 Å². The van der Waals surface area contributed by atoms with E-state index in [1.807, 2.05) is 19.2 Å². The Labute approximate surface area is 153 Å². The van der Waals surface area contributed by atoms with Gasteiger partial charge in [-0.15, -0.1) is 0 Å². The van der Waals surface area contributed by atoms with Gasteiger partial charge in [-0.3, -0.25) is 4.72 Å². The number of ether oxygens (including phenoxy) is 1. The zero-order valence-electron chi connectivity index (χ0n) is 15.4. The Kier molecular flexibility index (Phi) is 9.27. The summed E-state index contributed by atoms with van der Waals surface area (Å²) in [5, 5.41) is 3.36. The molecular weight excluding hydrogens is 349 g/mol. The van der Waals surface area contributed by atoms with E-state index < -0.39 is 5.51 Å². The fraction of sp³-hybridized carbons (Fsp3) is 0.667. The first kappa shape index (κ1) is 22.3. The van der Waals surface area contributed by atoms with Crippen molar-refractivity contribution >= 4 is 11.9 Å². The molecule has 1 rings (SSSR count). The lowest BCUT2D eigenvalue weighted by molar-refractivity contribution is -0.0336. The molecule has 0 amide bonds. The van der Waals surface area contributed by atoms with Crippen LogP contribution in [-0.4, -0.2) is 25.7 Å². The second-order valence-electron chi connectivity index (χ2n) is 7.20. The molecule has 1 unspecified atom stereocenters. The molecule has 0 radical (unpaired) electrons. The van der Waals surface area contributed by atoms with Crippen LogP contribution in [0, 0.1) is 5.41 Å². The summed E-state index contributed by atoms with van der Waals surface area (Å²) in [6, 6.07) is 8.60. The van der Waals surface area contributed by atoms with Gasteiger partial charge >= 0.3 is 5.51 Å². The maximum Gasteiger partial charge on any atom is 0.456 e. The molecule has 25 heavy (non-hydrogen) atoms. The summed E-state index contributed by atoms with van der Waals surface area (Å²) in [5.41, 5.74) is -1.68. The number of rotatable bonds is 10. The lowest BCUT2D eigenvalue weighted by Gasteiger charge is -2.26. The summed E-state index contributed by atoms with van der Waals surface area (Å²) in [6.45, 7) is 7.83. The summed E-state index contributed by atoms with van der Waals surface area (Å²) in [4.78, 5) is 0. The van der Waals surface area contributed by atoms with E-state index in [0.29, 0.717) is 25.7 Å². The Morgan fingerprint density at radius 3 is 2.28 bits per heavy atom. The van der Waals surface area contributed by atoms with Crippen LogP contribution in [0.15, 0.2) is 24.3 Å². The van der Waals surface area contributed by atoms with Crippen molar-refractivity contribution in [1.29, 1.82) is 0 Å². The highest BCUT2D eigenvalue weighted by Gasteiger charge is 2.28. The molecule has 0 aromatic heterocycles. The van der Waals surface area contributed by atoms with E-state index in [1.54, 1.807) is 0 Å². The predicted octanol–water partition coefficient (Wildman–Crippen LogP) is 5.05. The Morgan fingerprint density at radius 2 is 1.76 bits per heavy atom. The van der Waals surface area contributed by atoms with Crippen molar-refractivity contribution in [3.63, 3.8) is 0 Å². The number of alkyl halides is 3. The molecule has 0 fully saturated rings. The van der Waals surface area contributed by atoms with E-state index in [1.165, 1.54) is 5.56 Å². The lowest BCUT2D eigenvalue weighted by atomic mass is 9.85. The van der Waals surface area contributed by atoms with E-state index in [0.717, 1.165) is 12.0 Å². The van der Waals surface area contributed by atoms with E-state index in [2.05, 4.69) is 42.9 Å². The van der Waals surface area contributed by atoms with Gasteiger partial charge < -0.3 is 10.1 Å². The fourth-order valence-electron chi connectivity index (χ4n) is 2.41. The Bertz CT molecular complexity index is 487. The summed E-state index contributed by atoms with van der Waals surface area (Å²) in [6.07, 6.45) is 1.58. The third-order valence-electron chi connectivity index (χ3n) is 3.57. The number of hydrogen-bond acceptors (Lipinski definition) is 4. The molecule has 0 aliphatic heterocycles.